The molecule has 21 heavy (non-hydrogen) atoms. The summed E-state index contributed by atoms with van der Waals surface area (Å²) in [6, 6.07) is 6.57. The molecule has 3 rings (SSSR count). The highest BCUT2D eigenvalue weighted by molar-refractivity contribution is 7.13. The van der Waals surface area contributed by atoms with Crippen LogP contribution in [0.5, 0.6) is 0 Å². The van der Waals surface area contributed by atoms with Gasteiger partial charge in [0.2, 0.25) is 0 Å². The van der Waals surface area contributed by atoms with E-state index in [1.807, 2.05) is 0 Å². The number of hydrogen-bond donors (Lipinski definition) is 1. The first-order valence-electron chi connectivity index (χ1n) is 5.78. The molecule has 106 valence electrons. The highest BCUT2D eigenvalue weighted by atomic mass is 35.5. The van der Waals surface area contributed by atoms with E-state index in [1.54, 1.807) is 23.6 Å². The van der Waals surface area contributed by atoms with Crippen LogP contribution in [-0.2, 0) is 0 Å². The summed E-state index contributed by atoms with van der Waals surface area (Å²) >= 11 is 13.5. The lowest BCUT2D eigenvalue weighted by atomic mass is 10.2. The Labute approximate surface area is 133 Å². The van der Waals surface area contributed by atoms with Crippen LogP contribution in [0.25, 0.3) is 22.0 Å². The molecule has 3 aromatic rings. The lowest BCUT2D eigenvalue weighted by molar-refractivity contribution is 0.0696. The summed E-state index contributed by atoms with van der Waals surface area (Å²) in [4.78, 5) is 15.3. The number of hydrogen-bond acceptors (Lipinski definition) is 4. The van der Waals surface area contributed by atoms with Gasteiger partial charge in [-0.3, -0.25) is 0 Å². The fourth-order valence-electron chi connectivity index (χ4n) is 1.75. The van der Waals surface area contributed by atoms with Crippen LogP contribution in [0.15, 0.2) is 40.3 Å². The topological polar surface area (TPSA) is 63.3 Å². The minimum absolute atomic E-state index is 0.0836. The molecule has 0 saturated carbocycles. The number of benzene rings is 1. The van der Waals surface area contributed by atoms with Crippen molar-refractivity contribution in [2.45, 2.75) is 0 Å². The van der Waals surface area contributed by atoms with Crippen molar-refractivity contribution in [3.05, 3.63) is 51.5 Å². The SMILES string of the molecule is O=C(O)c1coc(-c2csc(-c3cc(Cl)ccc3Cl)n2)c1. The molecule has 1 N–H and O–H groups in total. The maximum atomic E-state index is 10.8. The minimum Gasteiger partial charge on any atom is -0.478 e. The normalized spacial score (nSPS) is 10.8. The highest BCUT2D eigenvalue weighted by Gasteiger charge is 2.14. The minimum atomic E-state index is -1.04. The Kier molecular flexibility index (Phi) is 3.71. The number of nitrogens with zero attached hydrogens (tertiary/aromatic N) is 1. The molecule has 0 aliphatic rings. The monoisotopic (exact) mass is 339 g/mol. The molecule has 0 saturated heterocycles. The van der Waals surface area contributed by atoms with Gasteiger partial charge in [0.25, 0.3) is 0 Å². The van der Waals surface area contributed by atoms with Gasteiger partial charge in [-0.2, -0.15) is 0 Å². The van der Waals surface area contributed by atoms with E-state index in [-0.39, 0.29) is 5.56 Å². The average Bonchev–Trinajstić information content (AvgIpc) is 3.09. The van der Waals surface area contributed by atoms with Gasteiger partial charge in [-0.05, 0) is 18.2 Å². The first kappa shape index (κ1) is 14.1. The lowest BCUT2D eigenvalue weighted by Gasteiger charge is -2.00. The van der Waals surface area contributed by atoms with Gasteiger partial charge in [0.05, 0.1) is 10.6 Å². The molecule has 0 aliphatic heterocycles. The first-order valence-corrected chi connectivity index (χ1v) is 7.41. The maximum Gasteiger partial charge on any atom is 0.338 e. The van der Waals surface area contributed by atoms with Crippen molar-refractivity contribution in [2.75, 3.05) is 0 Å². The molecule has 0 bridgehead atoms. The Balaban J connectivity index is 1.99. The number of aromatic nitrogens is 1. The van der Waals surface area contributed by atoms with Crippen molar-refractivity contribution in [3.63, 3.8) is 0 Å². The molecule has 4 nitrogen and oxygen atoms in total. The number of carboxylic acid groups (broad SMARTS) is 1. The average molecular weight is 340 g/mol. The smallest absolute Gasteiger partial charge is 0.338 e. The van der Waals surface area contributed by atoms with Crippen LogP contribution in [0, 0.1) is 0 Å². The zero-order chi connectivity index (χ0) is 15.0. The Morgan fingerprint density at radius 3 is 2.81 bits per heavy atom. The van der Waals surface area contributed by atoms with Crippen molar-refractivity contribution in [1.82, 2.24) is 4.98 Å². The highest BCUT2D eigenvalue weighted by Crippen LogP contribution is 2.35. The first-order chi connectivity index (χ1) is 10.0. The molecule has 7 heteroatoms. The Morgan fingerprint density at radius 2 is 2.10 bits per heavy atom. The second-order valence-corrected chi connectivity index (χ2v) is 5.87. The third kappa shape index (κ3) is 2.81. The van der Waals surface area contributed by atoms with E-state index in [1.165, 1.54) is 23.7 Å². The Bertz CT molecular complexity index is 825. The van der Waals surface area contributed by atoms with E-state index in [9.17, 15) is 4.79 Å². The second-order valence-electron chi connectivity index (χ2n) is 4.17. The van der Waals surface area contributed by atoms with E-state index in [2.05, 4.69) is 4.98 Å². The zero-order valence-electron chi connectivity index (χ0n) is 10.3. The zero-order valence-corrected chi connectivity index (χ0v) is 12.7. The summed E-state index contributed by atoms with van der Waals surface area (Å²) in [5.41, 5.74) is 1.37. The number of furan rings is 1. The van der Waals surface area contributed by atoms with E-state index < -0.39 is 5.97 Å². The molecular weight excluding hydrogens is 333 g/mol. The maximum absolute atomic E-state index is 10.8. The van der Waals surface area contributed by atoms with Gasteiger partial charge < -0.3 is 9.52 Å². The molecular formula is C14H7Cl2NO3S. The van der Waals surface area contributed by atoms with E-state index >= 15 is 0 Å². The van der Waals surface area contributed by atoms with E-state index in [0.717, 1.165) is 5.56 Å². The largest absolute Gasteiger partial charge is 0.478 e. The molecule has 0 spiro atoms. The van der Waals surface area contributed by atoms with Crippen molar-refractivity contribution in [3.8, 4) is 22.0 Å². The number of aromatic carboxylic acids is 1. The molecule has 1 aromatic carbocycles. The van der Waals surface area contributed by atoms with Gasteiger partial charge in [-0.25, -0.2) is 9.78 Å². The third-order valence-electron chi connectivity index (χ3n) is 2.76. The van der Waals surface area contributed by atoms with Gasteiger partial charge in [0.15, 0.2) is 5.76 Å². The van der Waals surface area contributed by atoms with Crippen LogP contribution >= 0.6 is 34.5 Å². The van der Waals surface area contributed by atoms with Gasteiger partial charge >= 0.3 is 5.97 Å². The quantitative estimate of drug-likeness (QED) is 0.723. The van der Waals surface area contributed by atoms with E-state index in [0.29, 0.717) is 26.5 Å². The molecule has 0 unspecified atom stereocenters. The predicted molar refractivity (Wildman–Crippen MR) is 82.2 cm³/mol. The fourth-order valence-corrected chi connectivity index (χ4v) is 3.03. The number of carbonyl (C=O) groups is 1. The fraction of sp³-hybridized carbons (Fsp3) is 0. The third-order valence-corrected chi connectivity index (χ3v) is 4.20. The lowest BCUT2D eigenvalue weighted by Crippen LogP contribution is -1.91. The summed E-state index contributed by atoms with van der Waals surface area (Å²) in [5, 5.41) is 12.5. The van der Waals surface area contributed by atoms with Gasteiger partial charge in [0, 0.05) is 22.0 Å². The van der Waals surface area contributed by atoms with Crippen LogP contribution < -0.4 is 0 Å². The van der Waals surface area contributed by atoms with Crippen LogP contribution in [0.1, 0.15) is 10.4 Å². The van der Waals surface area contributed by atoms with Crippen molar-refractivity contribution >= 4 is 40.5 Å². The molecule has 2 aromatic heterocycles. The van der Waals surface area contributed by atoms with Crippen molar-refractivity contribution < 1.29 is 14.3 Å². The summed E-state index contributed by atoms with van der Waals surface area (Å²) in [6.45, 7) is 0. The standard InChI is InChI=1S/C14H7Cl2NO3S/c15-8-1-2-10(16)9(4-8)13-17-11(6-21-13)12-3-7(5-20-12)14(18)19/h1-6H,(H,18,19). The van der Waals surface area contributed by atoms with Crippen LogP contribution in [0.4, 0.5) is 0 Å². The number of halogens is 2. The molecule has 0 amide bonds. The van der Waals surface area contributed by atoms with Crippen LogP contribution in [0.3, 0.4) is 0 Å². The van der Waals surface area contributed by atoms with Crippen LogP contribution in [-0.4, -0.2) is 16.1 Å². The number of carboxylic acids is 1. The molecule has 0 aliphatic carbocycles. The van der Waals surface area contributed by atoms with E-state index in [4.69, 9.17) is 32.7 Å². The summed E-state index contributed by atoms with van der Waals surface area (Å²) in [7, 11) is 0. The summed E-state index contributed by atoms with van der Waals surface area (Å²) < 4.78 is 5.22. The molecule has 0 radical (unpaired) electrons. The van der Waals surface area contributed by atoms with Crippen molar-refractivity contribution in [1.29, 1.82) is 0 Å². The number of thiazole rings is 1. The number of rotatable bonds is 3. The molecule has 0 atom stereocenters. The second kappa shape index (κ2) is 5.52. The van der Waals surface area contributed by atoms with Gasteiger partial charge in [-0.1, -0.05) is 23.2 Å². The van der Waals surface area contributed by atoms with Crippen molar-refractivity contribution in [2.24, 2.45) is 0 Å². The Morgan fingerprint density at radius 1 is 1.29 bits per heavy atom. The predicted octanol–water partition coefficient (Wildman–Crippen LogP) is 5.08. The molecule has 2 heterocycles. The molecule has 0 fully saturated rings. The Hall–Kier alpha value is -1.82. The van der Waals surface area contributed by atoms with Gasteiger partial charge in [0.1, 0.15) is 17.0 Å². The van der Waals surface area contributed by atoms with Gasteiger partial charge in [-0.15, -0.1) is 11.3 Å². The van der Waals surface area contributed by atoms with Crippen LogP contribution in [0.2, 0.25) is 10.0 Å². The summed E-state index contributed by atoms with van der Waals surface area (Å²) in [5.74, 6) is -0.647. The summed E-state index contributed by atoms with van der Waals surface area (Å²) in [6.07, 6.45) is 1.18.